The molecule has 0 heterocycles. The summed E-state index contributed by atoms with van der Waals surface area (Å²) >= 11 is 0. The third kappa shape index (κ3) is 1.27. The standard InChI is InChI=1S/C4H2O3.K/c5-2-1-3(6)4(2)7;/h1,5H;/q;+1/p-1. The van der Waals surface area contributed by atoms with Crippen LogP contribution in [-0.2, 0) is 0 Å². The van der Waals surface area contributed by atoms with E-state index in [9.17, 15) is 14.7 Å². The summed E-state index contributed by atoms with van der Waals surface area (Å²) < 4.78 is 0. The Labute approximate surface area is 87.5 Å². The van der Waals surface area contributed by atoms with Crippen LogP contribution in [0.3, 0.4) is 0 Å². The smallest absolute Gasteiger partial charge is 0.870 e. The minimum atomic E-state index is -0.889. The number of rotatable bonds is 0. The fourth-order valence-corrected chi connectivity index (χ4v) is 0.294. The molecule has 1 rings (SSSR count). The van der Waals surface area contributed by atoms with Gasteiger partial charge in [-0.3, -0.25) is 9.59 Å². The van der Waals surface area contributed by atoms with Crippen LogP contribution in [0.4, 0.5) is 0 Å². The predicted octanol–water partition coefficient (Wildman–Crippen LogP) is -4.64. The van der Waals surface area contributed by atoms with Crippen LogP contribution in [0.5, 0.6) is 5.75 Å². The van der Waals surface area contributed by atoms with E-state index in [1.165, 1.54) is 0 Å². The summed E-state index contributed by atoms with van der Waals surface area (Å²) in [5, 5.41) is 9.81. The van der Waals surface area contributed by atoms with Crippen LogP contribution in [0, 0.1) is 0 Å². The second-order valence-electron chi connectivity index (χ2n) is 1.20. The van der Waals surface area contributed by atoms with Crippen LogP contribution in [0.1, 0.15) is 0 Å². The molecule has 8 heavy (non-hydrogen) atoms. The average Bonchev–Trinajstić information content (AvgIpc) is 1.68. The van der Waals surface area contributed by atoms with E-state index >= 15 is 0 Å². The van der Waals surface area contributed by atoms with Gasteiger partial charge < -0.3 is 5.11 Å². The quantitative estimate of drug-likeness (QED) is 0.266. The Balaban J connectivity index is 0.000000490. The van der Waals surface area contributed by atoms with Gasteiger partial charge in [-0.25, -0.2) is 0 Å². The Morgan fingerprint density at radius 2 is 1.88 bits per heavy atom. The van der Waals surface area contributed by atoms with Gasteiger partial charge in [0.05, 0.1) is 0 Å². The molecule has 0 saturated carbocycles. The van der Waals surface area contributed by atoms with Crippen LogP contribution in [-0.4, -0.2) is 0 Å². The molecule has 0 aliphatic carbocycles. The number of hydrogen-bond acceptors (Lipinski definition) is 3. The Morgan fingerprint density at radius 3 is 1.88 bits per heavy atom. The molecule has 0 N–H and O–H groups in total. The maximum atomic E-state index is 9.83. The van der Waals surface area contributed by atoms with Crippen molar-refractivity contribution in [2.24, 2.45) is 0 Å². The van der Waals surface area contributed by atoms with Gasteiger partial charge in [0.1, 0.15) is 0 Å². The second kappa shape index (κ2) is 2.89. The number of hydrogen-bond donors (Lipinski definition) is 0. The van der Waals surface area contributed by atoms with Crippen molar-refractivity contribution < 1.29 is 56.5 Å². The molecule has 0 aromatic heterocycles. The van der Waals surface area contributed by atoms with E-state index in [1.54, 1.807) is 0 Å². The summed E-state index contributed by atoms with van der Waals surface area (Å²) in [6.45, 7) is 0. The molecule has 0 bridgehead atoms. The molecular formula is C4HKO3. The SMILES string of the molecule is O=c1cc([O-])c1=O.[K+]. The first-order valence-corrected chi connectivity index (χ1v) is 1.69. The summed E-state index contributed by atoms with van der Waals surface area (Å²) in [7, 11) is 0. The Hall–Kier alpha value is 0.516. The van der Waals surface area contributed by atoms with Crippen molar-refractivity contribution in [2.45, 2.75) is 0 Å². The topological polar surface area (TPSA) is 57.2 Å². The van der Waals surface area contributed by atoms with Gasteiger partial charge in [0, 0.05) is 0 Å². The van der Waals surface area contributed by atoms with E-state index < -0.39 is 16.6 Å². The zero-order valence-electron chi connectivity index (χ0n) is 4.30. The molecular weight excluding hydrogens is 135 g/mol. The van der Waals surface area contributed by atoms with E-state index in [-0.39, 0.29) is 51.4 Å². The molecule has 36 valence electrons. The second-order valence-corrected chi connectivity index (χ2v) is 1.20. The molecule has 0 amide bonds. The molecule has 0 atom stereocenters. The van der Waals surface area contributed by atoms with Crippen molar-refractivity contribution in [3.05, 3.63) is 26.5 Å². The third-order valence-electron chi connectivity index (χ3n) is 0.710. The molecule has 4 heteroatoms. The Kier molecular flexibility index (Phi) is 3.07. The van der Waals surface area contributed by atoms with E-state index in [0.717, 1.165) is 6.07 Å². The van der Waals surface area contributed by atoms with Gasteiger partial charge in [-0.05, 0) is 6.07 Å². The van der Waals surface area contributed by atoms with Crippen molar-refractivity contribution in [1.82, 2.24) is 0 Å². The first kappa shape index (κ1) is 8.52. The first-order chi connectivity index (χ1) is 3.22. The molecule has 1 aromatic carbocycles. The molecule has 0 saturated heterocycles. The fourth-order valence-electron chi connectivity index (χ4n) is 0.294. The first-order valence-electron chi connectivity index (χ1n) is 1.69. The minimum Gasteiger partial charge on any atom is -0.870 e. The average molecular weight is 136 g/mol. The van der Waals surface area contributed by atoms with Crippen LogP contribution in [0.2, 0.25) is 0 Å². The van der Waals surface area contributed by atoms with Crippen molar-refractivity contribution >= 4 is 0 Å². The zero-order chi connectivity index (χ0) is 5.44. The molecule has 0 radical (unpaired) electrons. The Bertz CT molecular complexity index is 245. The fraction of sp³-hybridized carbons (Fsp3) is 0. The van der Waals surface area contributed by atoms with E-state index in [2.05, 4.69) is 0 Å². The predicted molar refractivity (Wildman–Crippen MR) is 20.8 cm³/mol. The van der Waals surface area contributed by atoms with Gasteiger partial charge in [-0.1, -0.05) is 5.75 Å². The summed E-state index contributed by atoms with van der Waals surface area (Å²) in [6, 6.07) is 0.780. The summed E-state index contributed by atoms with van der Waals surface area (Å²) in [5.41, 5.74) is -1.56. The van der Waals surface area contributed by atoms with E-state index in [1.807, 2.05) is 0 Å². The van der Waals surface area contributed by atoms with Gasteiger partial charge in [0.15, 0.2) is 0 Å². The van der Waals surface area contributed by atoms with Crippen molar-refractivity contribution in [3.63, 3.8) is 0 Å². The maximum absolute atomic E-state index is 9.83. The normalized spacial score (nSPS) is 8.50. The largest absolute Gasteiger partial charge is 1.00 e. The zero-order valence-corrected chi connectivity index (χ0v) is 7.43. The van der Waals surface area contributed by atoms with Gasteiger partial charge in [0.2, 0.25) is 10.9 Å². The third-order valence-corrected chi connectivity index (χ3v) is 0.710. The van der Waals surface area contributed by atoms with Crippen molar-refractivity contribution in [2.75, 3.05) is 0 Å². The molecule has 3 nitrogen and oxygen atoms in total. The summed E-state index contributed by atoms with van der Waals surface area (Å²) in [5.74, 6) is -0.676. The summed E-state index contributed by atoms with van der Waals surface area (Å²) in [4.78, 5) is 19.6. The van der Waals surface area contributed by atoms with Crippen LogP contribution in [0.15, 0.2) is 15.7 Å². The van der Waals surface area contributed by atoms with Gasteiger partial charge in [-0.2, -0.15) is 0 Å². The molecule has 0 aliphatic heterocycles. The van der Waals surface area contributed by atoms with Crippen LogP contribution in [0.25, 0.3) is 0 Å². The van der Waals surface area contributed by atoms with Gasteiger partial charge in [0.25, 0.3) is 0 Å². The maximum Gasteiger partial charge on any atom is 1.00 e. The molecule has 0 spiro atoms. The molecule has 0 aliphatic rings. The summed E-state index contributed by atoms with van der Waals surface area (Å²) in [6.07, 6.45) is 0. The van der Waals surface area contributed by atoms with Crippen LogP contribution < -0.4 is 67.3 Å². The van der Waals surface area contributed by atoms with Crippen molar-refractivity contribution in [1.29, 1.82) is 0 Å². The molecule has 1 aromatic rings. The monoisotopic (exact) mass is 136 g/mol. The van der Waals surface area contributed by atoms with Crippen molar-refractivity contribution in [3.8, 4) is 5.75 Å². The Morgan fingerprint density at radius 1 is 1.38 bits per heavy atom. The van der Waals surface area contributed by atoms with Gasteiger partial charge in [-0.15, -0.1) is 0 Å². The van der Waals surface area contributed by atoms with Crippen LogP contribution >= 0.6 is 0 Å². The van der Waals surface area contributed by atoms with Gasteiger partial charge >= 0.3 is 51.4 Å². The van der Waals surface area contributed by atoms with E-state index in [0.29, 0.717) is 0 Å². The van der Waals surface area contributed by atoms with E-state index in [4.69, 9.17) is 0 Å². The molecule has 0 fully saturated rings. The minimum absolute atomic E-state index is 0. The molecule has 0 unspecified atom stereocenters.